The Morgan fingerprint density at radius 2 is 2.00 bits per heavy atom. The fourth-order valence-electron chi connectivity index (χ4n) is 1.54. The SMILES string of the molecule is CC(C)(C)c1nc(-c2cc(Br)c(Br)o2)[nH]c(=O)c1I. The molecular formula is C12H11Br2IN2O2. The van der Waals surface area contributed by atoms with E-state index in [1.165, 1.54) is 0 Å². The number of aromatic nitrogens is 2. The quantitative estimate of drug-likeness (QED) is 0.587. The minimum absolute atomic E-state index is 0.154. The van der Waals surface area contributed by atoms with Crippen molar-refractivity contribution in [2.24, 2.45) is 0 Å². The van der Waals surface area contributed by atoms with Gasteiger partial charge in [-0.1, -0.05) is 20.8 Å². The zero-order chi connectivity index (χ0) is 14.4. The van der Waals surface area contributed by atoms with E-state index in [0.29, 0.717) is 19.8 Å². The first-order valence-corrected chi connectivity index (χ1v) is 8.12. The van der Waals surface area contributed by atoms with Crippen molar-refractivity contribution in [1.82, 2.24) is 9.97 Å². The molecule has 0 saturated heterocycles. The molecule has 0 aliphatic heterocycles. The summed E-state index contributed by atoms with van der Waals surface area (Å²) in [5.41, 5.74) is 0.398. The van der Waals surface area contributed by atoms with Crippen LogP contribution in [0.3, 0.4) is 0 Å². The average Bonchev–Trinajstić information content (AvgIpc) is 2.61. The standard InChI is InChI=1S/C12H11Br2IN2O2/c1-12(2,3)8-7(15)11(18)17-10(16-8)6-4-5(13)9(14)19-6/h4H,1-3H3,(H,16,17,18). The van der Waals surface area contributed by atoms with Crippen LogP contribution in [0.1, 0.15) is 26.5 Å². The summed E-state index contributed by atoms with van der Waals surface area (Å²) in [6.45, 7) is 6.07. The second-order valence-corrected chi connectivity index (χ2v) is 7.71. The van der Waals surface area contributed by atoms with Gasteiger partial charge in [-0.3, -0.25) is 4.79 Å². The van der Waals surface area contributed by atoms with Crippen molar-refractivity contribution < 1.29 is 4.42 Å². The molecule has 0 atom stereocenters. The van der Waals surface area contributed by atoms with E-state index in [0.717, 1.165) is 10.2 Å². The van der Waals surface area contributed by atoms with Crippen LogP contribution in [0.4, 0.5) is 0 Å². The molecule has 19 heavy (non-hydrogen) atoms. The van der Waals surface area contributed by atoms with Crippen LogP contribution in [-0.4, -0.2) is 9.97 Å². The molecule has 0 spiro atoms. The normalized spacial score (nSPS) is 11.9. The lowest BCUT2D eigenvalue weighted by Crippen LogP contribution is -2.24. The van der Waals surface area contributed by atoms with E-state index in [9.17, 15) is 4.79 Å². The summed E-state index contributed by atoms with van der Waals surface area (Å²) in [6, 6.07) is 1.77. The van der Waals surface area contributed by atoms with Crippen LogP contribution >= 0.6 is 54.5 Å². The number of furan rings is 1. The highest BCUT2D eigenvalue weighted by molar-refractivity contribution is 14.1. The molecule has 0 fully saturated rings. The molecule has 0 saturated carbocycles. The van der Waals surface area contributed by atoms with E-state index in [2.05, 4.69) is 41.8 Å². The van der Waals surface area contributed by atoms with Crippen LogP contribution in [0.15, 0.2) is 24.4 Å². The number of halogens is 3. The van der Waals surface area contributed by atoms with E-state index in [4.69, 9.17) is 4.42 Å². The van der Waals surface area contributed by atoms with Gasteiger partial charge in [-0.05, 0) is 54.5 Å². The van der Waals surface area contributed by atoms with Gasteiger partial charge in [0.2, 0.25) is 0 Å². The highest BCUT2D eigenvalue weighted by Gasteiger charge is 2.23. The molecule has 7 heteroatoms. The molecule has 0 aromatic carbocycles. The number of nitrogens with zero attached hydrogens (tertiary/aromatic N) is 1. The fraction of sp³-hybridized carbons (Fsp3) is 0.333. The third-order valence-electron chi connectivity index (χ3n) is 2.45. The van der Waals surface area contributed by atoms with Gasteiger partial charge in [0.25, 0.3) is 5.56 Å². The van der Waals surface area contributed by atoms with Crippen molar-refractivity contribution in [2.45, 2.75) is 26.2 Å². The molecule has 0 unspecified atom stereocenters. The van der Waals surface area contributed by atoms with Crippen molar-refractivity contribution in [3.05, 3.63) is 34.8 Å². The van der Waals surface area contributed by atoms with Gasteiger partial charge in [0, 0.05) is 11.5 Å². The summed E-state index contributed by atoms with van der Waals surface area (Å²) in [5, 5.41) is 0. The highest BCUT2D eigenvalue weighted by Crippen LogP contribution is 2.32. The predicted molar refractivity (Wildman–Crippen MR) is 89.4 cm³/mol. The zero-order valence-corrected chi connectivity index (χ0v) is 15.8. The Kier molecular flexibility index (Phi) is 4.27. The largest absolute Gasteiger partial charge is 0.445 e. The van der Waals surface area contributed by atoms with Gasteiger partial charge in [0.15, 0.2) is 16.3 Å². The van der Waals surface area contributed by atoms with E-state index < -0.39 is 0 Å². The van der Waals surface area contributed by atoms with Crippen LogP contribution in [0, 0.1) is 3.57 Å². The molecule has 102 valence electrons. The maximum atomic E-state index is 12.0. The Balaban J connectivity index is 2.67. The molecule has 0 amide bonds. The van der Waals surface area contributed by atoms with Crippen molar-refractivity contribution in [3.63, 3.8) is 0 Å². The molecule has 0 bridgehead atoms. The molecule has 4 nitrogen and oxygen atoms in total. The lowest BCUT2D eigenvalue weighted by molar-refractivity contribution is 0.539. The summed E-state index contributed by atoms with van der Waals surface area (Å²) in [5.74, 6) is 0.944. The molecule has 2 aromatic rings. The van der Waals surface area contributed by atoms with Gasteiger partial charge in [-0.25, -0.2) is 4.98 Å². The topological polar surface area (TPSA) is 58.9 Å². The second kappa shape index (κ2) is 5.33. The molecule has 2 rings (SSSR count). The minimum Gasteiger partial charge on any atom is -0.445 e. The maximum absolute atomic E-state index is 12.0. The Morgan fingerprint density at radius 3 is 2.47 bits per heavy atom. The summed E-state index contributed by atoms with van der Waals surface area (Å²) in [6.07, 6.45) is 0. The van der Waals surface area contributed by atoms with Gasteiger partial charge >= 0.3 is 0 Å². The van der Waals surface area contributed by atoms with Crippen molar-refractivity contribution in [1.29, 1.82) is 0 Å². The first-order valence-electron chi connectivity index (χ1n) is 5.45. The van der Waals surface area contributed by atoms with E-state index in [1.807, 2.05) is 43.4 Å². The Morgan fingerprint density at radius 1 is 1.37 bits per heavy atom. The van der Waals surface area contributed by atoms with Crippen LogP contribution in [0.5, 0.6) is 0 Å². The van der Waals surface area contributed by atoms with Crippen LogP contribution in [0.25, 0.3) is 11.6 Å². The minimum atomic E-state index is -0.208. The summed E-state index contributed by atoms with van der Waals surface area (Å²) < 4.78 is 7.46. The van der Waals surface area contributed by atoms with Crippen LogP contribution < -0.4 is 5.56 Å². The number of rotatable bonds is 1. The smallest absolute Gasteiger partial charge is 0.264 e. The lowest BCUT2D eigenvalue weighted by atomic mass is 9.92. The Labute approximate surface area is 140 Å². The number of H-pyrrole nitrogens is 1. The van der Waals surface area contributed by atoms with E-state index in [-0.39, 0.29) is 11.0 Å². The third-order valence-corrected chi connectivity index (χ3v) is 5.16. The summed E-state index contributed by atoms with van der Waals surface area (Å²) >= 11 is 8.63. The average molecular weight is 502 g/mol. The number of aromatic amines is 1. The molecule has 2 heterocycles. The number of nitrogens with one attached hydrogen (secondary N) is 1. The molecular weight excluding hydrogens is 491 g/mol. The van der Waals surface area contributed by atoms with Gasteiger partial charge in [-0.15, -0.1) is 0 Å². The summed E-state index contributed by atoms with van der Waals surface area (Å²) in [7, 11) is 0. The van der Waals surface area contributed by atoms with Gasteiger partial charge < -0.3 is 9.40 Å². The van der Waals surface area contributed by atoms with E-state index in [1.54, 1.807) is 6.07 Å². The van der Waals surface area contributed by atoms with E-state index >= 15 is 0 Å². The number of hydrogen-bond acceptors (Lipinski definition) is 3. The molecule has 0 aliphatic carbocycles. The molecule has 1 N–H and O–H groups in total. The monoisotopic (exact) mass is 500 g/mol. The highest BCUT2D eigenvalue weighted by atomic mass is 127. The maximum Gasteiger partial charge on any atom is 0.264 e. The predicted octanol–water partition coefficient (Wildman–Crippen LogP) is 4.46. The molecule has 0 aliphatic rings. The zero-order valence-electron chi connectivity index (χ0n) is 10.5. The molecule has 2 aromatic heterocycles. The first-order chi connectivity index (χ1) is 8.70. The van der Waals surface area contributed by atoms with Gasteiger partial charge in [-0.2, -0.15) is 0 Å². The fourth-order valence-corrected chi connectivity index (χ4v) is 3.18. The summed E-state index contributed by atoms with van der Waals surface area (Å²) in [4.78, 5) is 19.3. The molecule has 0 radical (unpaired) electrons. The van der Waals surface area contributed by atoms with Gasteiger partial charge in [0.1, 0.15) is 3.57 Å². The van der Waals surface area contributed by atoms with Crippen molar-refractivity contribution in [2.75, 3.05) is 0 Å². The van der Waals surface area contributed by atoms with Crippen LogP contribution in [-0.2, 0) is 5.41 Å². The van der Waals surface area contributed by atoms with Gasteiger partial charge in [0.05, 0.1) is 10.2 Å². The Bertz CT molecular complexity index is 667. The second-order valence-electron chi connectivity index (χ2n) is 5.06. The lowest BCUT2D eigenvalue weighted by Gasteiger charge is -2.19. The number of hydrogen-bond donors (Lipinski definition) is 1. The Hall–Kier alpha value is -0.150. The van der Waals surface area contributed by atoms with Crippen molar-refractivity contribution in [3.8, 4) is 11.6 Å². The van der Waals surface area contributed by atoms with Crippen molar-refractivity contribution >= 4 is 54.5 Å². The third kappa shape index (κ3) is 3.13. The van der Waals surface area contributed by atoms with Crippen LogP contribution in [0.2, 0.25) is 0 Å². The first kappa shape index (κ1) is 15.2.